The Morgan fingerprint density at radius 2 is 1.78 bits per heavy atom. The molecule has 0 aliphatic heterocycles. The van der Waals surface area contributed by atoms with Crippen LogP contribution in [0.4, 0.5) is 0 Å². The van der Waals surface area contributed by atoms with Crippen molar-refractivity contribution in [1.29, 1.82) is 0 Å². The van der Waals surface area contributed by atoms with E-state index in [4.69, 9.17) is 21.7 Å². The van der Waals surface area contributed by atoms with Crippen LogP contribution in [0.5, 0.6) is 11.5 Å². The Morgan fingerprint density at radius 3 is 2.48 bits per heavy atom. The van der Waals surface area contributed by atoms with Crippen molar-refractivity contribution in [3.63, 3.8) is 0 Å². The lowest BCUT2D eigenvalue weighted by Gasteiger charge is -2.12. The number of carbonyl (C=O) groups excluding carboxylic acids is 2. The Morgan fingerprint density at radius 1 is 1.04 bits per heavy atom. The van der Waals surface area contributed by atoms with E-state index in [-0.39, 0.29) is 11.7 Å². The molecule has 142 valence electrons. The SMILES string of the molecule is CCOc1cccc(C(=O)NC(=S)NNC(=O)COc2ccc(Br)cc2)c1. The number of nitrogens with one attached hydrogen (secondary N) is 3. The van der Waals surface area contributed by atoms with Crippen LogP contribution in [0.15, 0.2) is 53.0 Å². The zero-order valence-corrected chi connectivity index (χ0v) is 16.9. The van der Waals surface area contributed by atoms with E-state index >= 15 is 0 Å². The van der Waals surface area contributed by atoms with Crippen LogP contribution in [-0.2, 0) is 4.79 Å². The molecule has 0 unspecified atom stereocenters. The van der Waals surface area contributed by atoms with Gasteiger partial charge in [0, 0.05) is 10.0 Å². The molecule has 0 atom stereocenters. The molecule has 0 heterocycles. The molecule has 0 saturated carbocycles. The first-order valence-electron chi connectivity index (χ1n) is 7.99. The van der Waals surface area contributed by atoms with Gasteiger partial charge in [0.15, 0.2) is 11.7 Å². The summed E-state index contributed by atoms with van der Waals surface area (Å²) < 4.78 is 11.6. The van der Waals surface area contributed by atoms with Gasteiger partial charge in [0.1, 0.15) is 11.5 Å². The molecule has 0 aliphatic rings. The molecule has 0 saturated heterocycles. The molecule has 0 fully saturated rings. The Bertz CT molecular complexity index is 815. The van der Waals surface area contributed by atoms with Gasteiger partial charge in [0.25, 0.3) is 11.8 Å². The first-order chi connectivity index (χ1) is 13.0. The molecular weight excluding hydrogens is 434 g/mol. The molecule has 0 bridgehead atoms. The van der Waals surface area contributed by atoms with Crippen LogP contribution in [0.1, 0.15) is 17.3 Å². The number of ether oxygens (including phenoxy) is 2. The fourth-order valence-electron chi connectivity index (χ4n) is 1.94. The zero-order valence-electron chi connectivity index (χ0n) is 14.5. The van der Waals surface area contributed by atoms with Gasteiger partial charge in [0.2, 0.25) is 0 Å². The third kappa shape index (κ3) is 7.24. The van der Waals surface area contributed by atoms with Crippen molar-refractivity contribution in [2.75, 3.05) is 13.2 Å². The van der Waals surface area contributed by atoms with E-state index in [9.17, 15) is 9.59 Å². The third-order valence-corrected chi connectivity index (χ3v) is 3.87. The maximum absolute atomic E-state index is 12.2. The van der Waals surface area contributed by atoms with E-state index in [1.807, 2.05) is 6.92 Å². The summed E-state index contributed by atoms with van der Waals surface area (Å²) in [5.41, 5.74) is 5.18. The molecule has 0 aliphatic carbocycles. The summed E-state index contributed by atoms with van der Waals surface area (Å²) in [4.78, 5) is 23.9. The van der Waals surface area contributed by atoms with Gasteiger partial charge in [-0.3, -0.25) is 25.8 Å². The van der Waals surface area contributed by atoms with Gasteiger partial charge >= 0.3 is 0 Å². The number of hydrogen-bond donors (Lipinski definition) is 3. The predicted octanol–water partition coefficient (Wildman–Crippen LogP) is 2.56. The molecule has 2 aromatic carbocycles. The summed E-state index contributed by atoms with van der Waals surface area (Å²) in [5, 5.41) is 2.42. The van der Waals surface area contributed by atoms with E-state index in [1.165, 1.54) is 0 Å². The minimum Gasteiger partial charge on any atom is -0.494 e. The molecule has 0 spiro atoms. The summed E-state index contributed by atoms with van der Waals surface area (Å²) in [6.07, 6.45) is 0. The van der Waals surface area contributed by atoms with Crippen LogP contribution < -0.4 is 25.6 Å². The maximum atomic E-state index is 12.2. The largest absolute Gasteiger partial charge is 0.494 e. The molecule has 0 radical (unpaired) electrons. The zero-order chi connectivity index (χ0) is 19.6. The summed E-state index contributed by atoms with van der Waals surface area (Å²) in [7, 11) is 0. The highest BCUT2D eigenvalue weighted by Crippen LogP contribution is 2.16. The number of halogens is 1. The normalized spacial score (nSPS) is 9.85. The minimum atomic E-state index is -0.451. The summed E-state index contributed by atoms with van der Waals surface area (Å²) >= 11 is 8.30. The van der Waals surface area contributed by atoms with Crippen LogP contribution in [0, 0.1) is 0 Å². The van der Waals surface area contributed by atoms with Crippen molar-refractivity contribution in [3.05, 3.63) is 58.6 Å². The van der Waals surface area contributed by atoms with Gasteiger partial charge in [-0.2, -0.15) is 0 Å². The Hall–Kier alpha value is -2.65. The number of hydrogen-bond acceptors (Lipinski definition) is 5. The standard InChI is InChI=1S/C18H18BrN3O4S/c1-2-25-15-5-3-4-12(10-15)17(24)20-18(27)22-21-16(23)11-26-14-8-6-13(19)7-9-14/h3-10H,2,11H2,1H3,(H,21,23)(H2,20,22,24,27). The van der Waals surface area contributed by atoms with Gasteiger partial charge in [-0.25, -0.2) is 0 Å². The monoisotopic (exact) mass is 451 g/mol. The number of rotatable bonds is 6. The third-order valence-electron chi connectivity index (χ3n) is 3.13. The van der Waals surface area contributed by atoms with Crippen molar-refractivity contribution >= 4 is 45.1 Å². The first kappa shape index (κ1) is 20.7. The fraction of sp³-hybridized carbons (Fsp3) is 0.167. The first-order valence-corrected chi connectivity index (χ1v) is 9.19. The van der Waals surface area contributed by atoms with E-state index in [1.54, 1.807) is 48.5 Å². The molecular formula is C18H18BrN3O4S. The second-order valence-corrected chi connectivity index (χ2v) is 6.48. The smallest absolute Gasteiger partial charge is 0.276 e. The Labute approximate surface area is 170 Å². The van der Waals surface area contributed by atoms with Gasteiger partial charge < -0.3 is 9.47 Å². The average molecular weight is 452 g/mol. The van der Waals surface area contributed by atoms with E-state index < -0.39 is 11.8 Å². The number of carbonyl (C=O) groups is 2. The maximum Gasteiger partial charge on any atom is 0.276 e. The second kappa shape index (κ2) is 10.5. The van der Waals surface area contributed by atoms with Crippen molar-refractivity contribution in [2.45, 2.75) is 6.92 Å². The van der Waals surface area contributed by atoms with Crippen molar-refractivity contribution in [3.8, 4) is 11.5 Å². The van der Waals surface area contributed by atoms with Crippen molar-refractivity contribution in [2.24, 2.45) is 0 Å². The number of benzene rings is 2. The number of amides is 2. The summed E-state index contributed by atoms with van der Waals surface area (Å²) in [6.45, 7) is 2.15. The van der Waals surface area contributed by atoms with Crippen molar-refractivity contribution in [1.82, 2.24) is 16.2 Å². The highest BCUT2D eigenvalue weighted by molar-refractivity contribution is 9.10. The number of thiocarbonyl (C=S) groups is 1. The fourth-order valence-corrected chi connectivity index (χ4v) is 2.35. The molecule has 2 rings (SSSR count). The topological polar surface area (TPSA) is 88.7 Å². The van der Waals surface area contributed by atoms with Crippen LogP contribution in [0.25, 0.3) is 0 Å². The average Bonchev–Trinajstić information content (AvgIpc) is 2.66. The highest BCUT2D eigenvalue weighted by atomic mass is 79.9. The second-order valence-electron chi connectivity index (χ2n) is 5.16. The van der Waals surface area contributed by atoms with Crippen LogP contribution in [-0.4, -0.2) is 30.1 Å². The molecule has 3 N–H and O–H groups in total. The van der Waals surface area contributed by atoms with E-state index in [2.05, 4.69) is 32.1 Å². The Kier molecular flexibility index (Phi) is 8.02. The molecule has 9 heteroatoms. The number of hydrazine groups is 1. The molecule has 0 aromatic heterocycles. The van der Waals surface area contributed by atoms with Gasteiger partial charge in [0.05, 0.1) is 6.61 Å². The molecule has 7 nitrogen and oxygen atoms in total. The van der Waals surface area contributed by atoms with Crippen LogP contribution in [0.2, 0.25) is 0 Å². The molecule has 2 amide bonds. The summed E-state index contributed by atoms with van der Waals surface area (Å²) in [6, 6.07) is 13.8. The quantitative estimate of drug-likeness (QED) is 0.461. The Balaban J connectivity index is 1.74. The minimum absolute atomic E-state index is 0.0428. The predicted molar refractivity (Wildman–Crippen MR) is 109 cm³/mol. The van der Waals surface area contributed by atoms with Gasteiger partial charge in [-0.05, 0) is 61.6 Å². The molecule has 27 heavy (non-hydrogen) atoms. The lowest BCUT2D eigenvalue weighted by atomic mass is 10.2. The van der Waals surface area contributed by atoms with Crippen LogP contribution in [0.3, 0.4) is 0 Å². The van der Waals surface area contributed by atoms with E-state index in [0.717, 1.165) is 4.47 Å². The molecule has 2 aromatic rings. The highest BCUT2D eigenvalue weighted by Gasteiger charge is 2.10. The van der Waals surface area contributed by atoms with E-state index in [0.29, 0.717) is 23.7 Å². The van der Waals surface area contributed by atoms with Crippen LogP contribution >= 0.6 is 28.1 Å². The summed E-state index contributed by atoms with van der Waals surface area (Å²) in [5.74, 6) is 0.267. The van der Waals surface area contributed by atoms with Gasteiger partial charge in [-0.1, -0.05) is 22.0 Å². The lowest BCUT2D eigenvalue weighted by molar-refractivity contribution is -0.123. The van der Waals surface area contributed by atoms with Crippen molar-refractivity contribution < 1.29 is 19.1 Å². The lowest BCUT2D eigenvalue weighted by Crippen LogP contribution is -2.49. The van der Waals surface area contributed by atoms with Gasteiger partial charge in [-0.15, -0.1) is 0 Å².